The van der Waals surface area contributed by atoms with Gasteiger partial charge in [-0.05, 0) is 53.9 Å². The predicted octanol–water partition coefficient (Wildman–Crippen LogP) is 4.19. The fourth-order valence-corrected chi connectivity index (χ4v) is 3.07. The van der Waals surface area contributed by atoms with E-state index in [0.29, 0.717) is 13.0 Å². The van der Waals surface area contributed by atoms with E-state index in [1.165, 1.54) is 5.56 Å². The third-order valence-corrected chi connectivity index (χ3v) is 4.37. The molecule has 0 fully saturated rings. The molecule has 2 N–H and O–H groups in total. The summed E-state index contributed by atoms with van der Waals surface area (Å²) in [6, 6.07) is 12.0. The van der Waals surface area contributed by atoms with Gasteiger partial charge in [0.25, 0.3) is 0 Å². The number of carbonyl (C=O) groups is 1. The highest BCUT2D eigenvalue weighted by atomic mass is 32.1. The molecular formula is C18H24N2OS. The Labute approximate surface area is 136 Å². The third kappa shape index (κ3) is 5.28. The molecule has 1 aromatic carbocycles. The van der Waals surface area contributed by atoms with Gasteiger partial charge in [-0.15, -0.1) is 0 Å². The van der Waals surface area contributed by atoms with Gasteiger partial charge in [-0.3, -0.25) is 4.79 Å². The van der Waals surface area contributed by atoms with Crippen LogP contribution in [0.3, 0.4) is 0 Å². The van der Waals surface area contributed by atoms with Crippen molar-refractivity contribution in [2.24, 2.45) is 5.73 Å². The summed E-state index contributed by atoms with van der Waals surface area (Å²) in [5.41, 5.74) is 7.65. The Morgan fingerprint density at radius 2 is 1.82 bits per heavy atom. The number of thiophene rings is 1. The summed E-state index contributed by atoms with van der Waals surface area (Å²) >= 11 is 1.67. The SMILES string of the molecule is NCCCCCCC(=O)N(Cc1ccsc1)c1ccccc1. The second-order valence-corrected chi connectivity index (χ2v) is 6.18. The van der Waals surface area contributed by atoms with E-state index in [1.807, 2.05) is 35.2 Å². The van der Waals surface area contributed by atoms with Gasteiger partial charge < -0.3 is 10.6 Å². The molecule has 0 bridgehead atoms. The maximum absolute atomic E-state index is 12.6. The van der Waals surface area contributed by atoms with Crippen LogP contribution in [0.5, 0.6) is 0 Å². The van der Waals surface area contributed by atoms with Crippen molar-refractivity contribution in [3.63, 3.8) is 0 Å². The molecule has 0 aliphatic rings. The summed E-state index contributed by atoms with van der Waals surface area (Å²) < 4.78 is 0. The average molecular weight is 316 g/mol. The molecule has 0 radical (unpaired) electrons. The number of nitrogens with zero attached hydrogens (tertiary/aromatic N) is 1. The molecule has 0 saturated heterocycles. The molecule has 0 spiro atoms. The third-order valence-electron chi connectivity index (χ3n) is 3.63. The Morgan fingerprint density at radius 3 is 2.50 bits per heavy atom. The van der Waals surface area contributed by atoms with Crippen LogP contribution in [-0.4, -0.2) is 12.5 Å². The van der Waals surface area contributed by atoms with Gasteiger partial charge in [0.1, 0.15) is 0 Å². The van der Waals surface area contributed by atoms with E-state index in [2.05, 4.69) is 16.8 Å². The maximum Gasteiger partial charge on any atom is 0.227 e. The van der Waals surface area contributed by atoms with Gasteiger partial charge in [-0.1, -0.05) is 31.0 Å². The molecule has 22 heavy (non-hydrogen) atoms. The predicted molar refractivity (Wildman–Crippen MR) is 94.1 cm³/mol. The summed E-state index contributed by atoms with van der Waals surface area (Å²) in [4.78, 5) is 14.5. The van der Waals surface area contributed by atoms with Crippen molar-refractivity contribution in [3.05, 3.63) is 52.7 Å². The minimum Gasteiger partial charge on any atom is -0.330 e. The second-order valence-electron chi connectivity index (χ2n) is 5.40. The number of rotatable bonds is 9. The number of carbonyl (C=O) groups excluding carboxylic acids is 1. The van der Waals surface area contributed by atoms with Crippen LogP contribution in [0.25, 0.3) is 0 Å². The number of amides is 1. The molecule has 2 aromatic rings. The first-order chi connectivity index (χ1) is 10.8. The molecule has 0 unspecified atom stereocenters. The van der Waals surface area contributed by atoms with Crippen LogP contribution < -0.4 is 10.6 Å². The van der Waals surface area contributed by atoms with Crippen LogP contribution in [0, 0.1) is 0 Å². The lowest BCUT2D eigenvalue weighted by molar-refractivity contribution is -0.118. The van der Waals surface area contributed by atoms with Crippen LogP contribution in [0.4, 0.5) is 5.69 Å². The van der Waals surface area contributed by atoms with Crippen LogP contribution in [0.1, 0.15) is 37.7 Å². The van der Waals surface area contributed by atoms with Crippen molar-refractivity contribution in [1.82, 2.24) is 0 Å². The highest BCUT2D eigenvalue weighted by molar-refractivity contribution is 7.07. The van der Waals surface area contributed by atoms with E-state index in [-0.39, 0.29) is 5.91 Å². The fourth-order valence-electron chi connectivity index (χ4n) is 2.41. The number of anilines is 1. The number of hydrogen-bond donors (Lipinski definition) is 1. The van der Waals surface area contributed by atoms with Crippen molar-refractivity contribution in [2.75, 3.05) is 11.4 Å². The highest BCUT2D eigenvalue weighted by Crippen LogP contribution is 2.20. The van der Waals surface area contributed by atoms with Gasteiger partial charge in [0.15, 0.2) is 0 Å². The molecule has 1 amide bonds. The number of para-hydroxylation sites is 1. The van der Waals surface area contributed by atoms with E-state index < -0.39 is 0 Å². The van der Waals surface area contributed by atoms with Gasteiger partial charge >= 0.3 is 0 Å². The van der Waals surface area contributed by atoms with Gasteiger partial charge in [-0.25, -0.2) is 0 Å². The summed E-state index contributed by atoms with van der Waals surface area (Å²) in [7, 11) is 0. The highest BCUT2D eigenvalue weighted by Gasteiger charge is 2.15. The largest absolute Gasteiger partial charge is 0.330 e. The molecule has 118 valence electrons. The molecule has 2 rings (SSSR count). The Kier molecular flexibility index (Phi) is 7.13. The smallest absolute Gasteiger partial charge is 0.227 e. The van der Waals surface area contributed by atoms with Crippen LogP contribution in [0.2, 0.25) is 0 Å². The first-order valence-electron chi connectivity index (χ1n) is 7.88. The molecule has 0 aliphatic carbocycles. The zero-order chi connectivity index (χ0) is 15.6. The Hall–Kier alpha value is -1.65. The number of unbranched alkanes of at least 4 members (excludes halogenated alkanes) is 3. The van der Waals surface area contributed by atoms with Crippen molar-refractivity contribution < 1.29 is 4.79 Å². The van der Waals surface area contributed by atoms with Crippen LogP contribution in [0.15, 0.2) is 47.2 Å². The zero-order valence-electron chi connectivity index (χ0n) is 12.9. The van der Waals surface area contributed by atoms with Gasteiger partial charge in [0.05, 0.1) is 6.54 Å². The van der Waals surface area contributed by atoms with Gasteiger partial charge in [0.2, 0.25) is 5.91 Å². The van der Waals surface area contributed by atoms with E-state index in [9.17, 15) is 4.79 Å². The van der Waals surface area contributed by atoms with Crippen molar-refractivity contribution in [2.45, 2.75) is 38.6 Å². The molecule has 1 heterocycles. The lowest BCUT2D eigenvalue weighted by atomic mass is 10.1. The topological polar surface area (TPSA) is 46.3 Å². The lowest BCUT2D eigenvalue weighted by Gasteiger charge is -2.22. The van der Waals surface area contributed by atoms with E-state index >= 15 is 0 Å². The maximum atomic E-state index is 12.6. The van der Waals surface area contributed by atoms with Gasteiger partial charge in [0, 0.05) is 12.1 Å². The Bertz CT molecular complexity index is 539. The Balaban J connectivity index is 1.96. The monoisotopic (exact) mass is 316 g/mol. The minimum absolute atomic E-state index is 0.199. The summed E-state index contributed by atoms with van der Waals surface area (Å²) in [6.07, 6.45) is 4.77. The first kappa shape index (κ1) is 16.7. The molecule has 1 aromatic heterocycles. The van der Waals surface area contributed by atoms with Crippen molar-refractivity contribution in [1.29, 1.82) is 0 Å². The summed E-state index contributed by atoms with van der Waals surface area (Å²) in [5.74, 6) is 0.199. The molecule has 0 aliphatic heterocycles. The quantitative estimate of drug-likeness (QED) is 0.705. The van der Waals surface area contributed by atoms with E-state index in [4.69, 9.17) is 5.73 Å². The van der Waals surface area contributed by atoms with Crippen molar-refractivity contribution in [3.8, 4) is 0 Å². The summed E-state index contributed by atoms with van der Waals surface area (Å²) in [5, 5.41) is 4.15. The second kappa shape index (κ2) is 9.38. The molecular weight excluding hydrogens is 292 g/mol. The van der Waals surface area contributed by atoms with E-state index in [0.717, 1.165) is 37.9 Å². The minimum atomic E-state index is 0.199. The summed E-state index contributed by atoms with van der Waals surface area (Å²) in [6.45, 7) is 1.39. The number of nitrogens with two attached hydrogens (primary N) is 1. The first-order valence-corrected chi connectivity index (χ1v) is 8.82. The standard InChI is InChI=1S/C18H24N2OS/c19-12-7-2-1-6-10-18(21)20(14-16-11-13-22-15-16)17-8-4-3-5-9-17/h3-5,8-9,11,13,15H,1-2,6-7,10,12,14,19H2. The Morgan fingerprint density at radius 1 is 1.05 bits per heavy atom. The number of benzene rings is 1. The van der Waals surface area contributed by atoms with Gasteiger partial charge in [-0.2, -0.15) is 11.3 Å². The number of hydrogen-bond acceptors (Lipinski definition) is 3. The molecule has 4 heteroatoms. The average Bonchev–Trinajstić information content (AvgIpc) is 3.06. The van der Waals surface area contributed by atoms with Crippen molar-refractivity contribution >= 4 is 22.9 Å². The zero-order valence-corrected chi connectivity index (χ0v) is 13.7. The molecule has 0 atom stereocenters. The van der Waals surface area contributed by atoms with E-state index in [1.54, 1.807) is 11.3 Å². The van der Waals surface area contributed by atoms with Crippen LogP contribution >= 0.6 is 11.3 Å². The lowest BCUT2D eigenvalue weighted by Crippen LogP contribution is -2.29. The molecule has 3 nitrogen and oxygen atoms in total. The normalized spacial score (nSPS) is 10.6. The van der Waals surface area contributed by atoms with Crippen LogP contribution in [-0.2, 0) is 11.3 Å². The molecule has 0 saturated carbocycles. The fraction of sp³-hybridized carbons (Fsp3) is 0.389.